The molecule has 0 spiro atoms. The lowest BCUT2D eigenvalue weighted by atomic mass is 9.79. The molecule has 1 heteroatoms. The van der Waals surface area contributed by atoms with Gasteiger partial charge in [-0.15, -0.1) is 0 Å². The number of rotatable bonds is 4. The molecular formula is C16H26O. The molecule has 0 amide bonds. The van der Waals surface area contributed by atoms with E-state index in [9.17, 15) is 5.11 Å². The molecule has 0 aromatic heterocycles. The summed E-state index contributed by atoms with van der Waals surface area (Å²) in [7, 11) is 0. The van der Waals surface area contributed by atoms with Crippen LogP contribution in [0, 0.1) is 5.92 Å². The normalized spacial score (nSPS) is 14.1. The van der Waals surface area contributed by atoms with E-state index in [0.717, 1.165) is 18.4 Å². The van der Waals surface area contributed by atoms with Crippen molar-refractivity contribution < 1.29 is 5.11 Å². The zero-order chi connectivity index (χ0) is 13.1. The summed E-state index contributed by atoms with van der Waals surface area (Å²) in [6, 6.07) is 8.30. The SMILES string of the molecule is CCC(CC)C(O)c1ccccc1C(C)(C)C. The summed E-state index contributed by atoms with van der Waals surface area (Å²) in [5.41, 5.74) is 2.46. The van der Waals surface area contributed by atoms with Gasteiger partial charge in [-0.05, 0) is 22.5 Å². The Morgan fingerprint density at radius 2 is 1.59 bits per heavy atom. The van der Waals surface area contributed by atoms with Gasteiger partial charge < -0.3 is 5.11 Å². The first-order chi connectivity index (χ1) is 7.91. The summed E-state index contributed by atoms with van der Waals surface area (Å²) in [5, 5.41) is 10.5. The molecule has 1 nitrogen and oxygen atoms in total. The van der Waals surface area contributed by atoms with Crippen LogP contribution in [-0.4, -0.2) is 5.11 Å². The van der Waals surface area contributed by atoms with Gasteiger partial charge in [0.05, 0.1) is 6.10 Å². The minimum Gasteiger partial charge on any atom is -0.388 e. The molecule has 0 heterocycles. The predicted molar refractivity (Wildman–Crippen MR) is 74.2 cm³/mol. The summed E-state index contributed by atoms with van der Waals surface area (Å²) in [5.74, 6) is 0.360. The van der Waals surface area contributed by atoms with E-state index in [-0.39, 0.29) is 11.5 Å². The van der Waals surface area contributed by atoms with E-state index >= 15 is 0 Å². The number of aliphatic hydroxyl groups is 1. The zero-order valence-electron chi connectivity index (χ0n) is 11.8. The van der Waals surface area contributed by atoms with E-state index in [1.807, 2.05) is 6.07 Å². The van der Waals surface area contributed by atoms with E-state index in [0.29, 0.717) is 5.92 Å². The first kappa shape index (κ1) is 14.2. The molecule has 0 fully saturated rings. The van der Waals surface area contributed by atoms with Crippen molar-refractivity contribution in [2.45, 2.75) is 59.0 Å². The topological polar surface area (TPSA) is 20.2 Å². The Labute approximate surface area is 106 Å². The maximum absolute atomic E-state index is 10.5. The highest BCUT2D eigenvalue weighted by atomic mass is 16.3. The van der Waals surface area contributed by atoms with E-state index in [1.165, 1.54) is 5.56 Å². The van der Waals surface area contributed by atoms with Gasteiger partial charge in [0.15, 0.2) is 0 Å². The summed E-state index contributed by atoms with van der Waals surface area (Å²) in [4.78, 5) is 0. The van der Waals surface area contributed by atoms with Crippen LogP contribution >= 0.6 is 0 Å². The predicted octanol–water partition coefficient (Wildman–Crippen LogP) is 4.45. The highest BCUT2D eigenvalue weighted by Gasteiger charge is 2.24. The van der Waals surface area contributed by atoms with Crippen LogP contribution in [0.25, 0.3) is 0 Å². The van der Waals surface area contributed by atoms with Crippen LogP contribution in [0.5, 0.6) is 0 Å². The molecule has 0 aliphatic rings. The van der Waals surface area contributed by atoms with Crippen LogP contribution in [0.15, 0.2) is 24.3 Å². The molecule has 0 saturated heterocycles. The summed E-state index contributed by atoms with van der Waals surface area (Å²) < 4.78 is 0. The lowest BCUT2D eigenvalue weighted by Gasteiger charge is -2.28. The molecule has 1 unspecified atom stereocenters. The van der Waals surface area contributed by atoms with Gasteiger partial charge in [0.25, 0.3) is 0 Å². The first-order valence-electron chi connectivity index (χ1n) is 6.69. The fraction of sp³-hybridized carbons (Fsp3) is 0.625. The maximum Gasteiger partial charge on any atom is 0.0820 e. The largest absolute Gasteiger partial charge is 0.388 e. The Bertz CT molecular complexity index is 345. The quantitative estimate of drug-likeness (QED) is 0.816. The molecule has 1 aromatic rings. The zero-order valence-corrected chi connectivity index (χ0v) is 11.8. The van der Waals surface area contributed by atoms with Gasteiger partial charge in [-0.2, -0.15) is 0 Å². The van der Waals surface area contributed by atoms with Crippen LogP contribution in [0.2, 0.25) is 0 Å². The van der Waals surface area contributed by atoms with Crippen LogP contribution in [0.1, 0.15) is 64.7 Å². The molecule has 1 rings (SSSR count). The van der Waals surface area contributed by atoms with Gasteiger partial charge in [0.1, 0.15) is 0 Å². The van der Waals surface area contributed by atoms with Crippen molar-refractivity contribution in [2.24, 2.45) is 5.92 Å². The van der Waals surface area contributed by atoms with E-state index in [2.05, 4.69) is 52.8 Å². The highest BCUT2D eigenvalue weighted by molar-refractivity contribution is 5.34. The Kier molecular flexibility index (Phi) is 4.76. The third-order valence-corrected chi connectivity index (χ3v) is 3.58. The summed E-state index contributed by atoms with van der Waals surface area (Å²) >= 11 is 0. The maximum atomic E-state index is 10.5. The van der Waals surface area contributed by atoms with Gasteiger partial charge in [-0.3, -0.25) is 0 Å². The molecule has 1 atom stereocenters. The van der Waals surface area contributed by atoms with E-state index in [4.69, 9.17) is 0 Å². The summed E-state index contributed by atoms with van der Waals surface area (Å²) in [6.07, 6.45) is 1.71. The molecule has 96 valence electrons. The van der Waals surface area contributed by atoms with Crippen molar-refractivity contribution in [3.63, 3.8) is 0 Å². The third-order valence-electron chi connectivity index (χ3n) is 3.58. The first-order valence-corrected chi connectivity index (χ1v) is 6.69. The van der Waals surface area contributed by atoms with Crippen LogP contribution in [-0.2, 0) is 5.41 Å². The second-order valence-electron chi connectivity index (χ2n) is 5.86. The van der Waals surface area contributed by atoms with Gasteiger partial charge in [0, 0.05) is 0 Å². The van der Waals surface area contributed by atoms with Crippen molar-refractivity contribution >= 4 is 0 Å². The molecular weight excluding hydrogens is 208 g/mol. The molecule has 0 aliphatic carbocycles. The number of benzene rings is 1. The van der Waals surface area contributed by atoms with Crippen LogP contribution < -0.4 is 0 Å². The number of aliphatic hydroxyl groups excluding tert-OH is 1. The van der Waals surface area contributed by atoms with Gasteiger partial charge >= 0.3 is 0 Å². The number of hydrogen-bond donors (Lipinski definition) is 1. The van der Waals surface area contributed by atoms with Crippen molar-refractivity contribution in [3.8, 4) is 0 Å². The van der Waals surface area contributed by atoms with E-state index < -0.39 is 0 Å². The highest BCUT2D eigenvalue weighted by Crippen LogP contribution is 2.34. The van der Waals surface area contributed by atoms with Crippen molar-refractivity contribution in [1.82, 2.24) is 0 Å². The van der Waals surface area contributed by atoms with Crippen LogP contribution in [0.4, 0.5) is 0 Å². The molecule has 0 saturated carbocycles. The molecule has 0 bridgehead atoms. The Morgan fingerprint density at radius 1 is 1.06 bits per heavy atom. The summed E-state index contributed by atoms with van der Waals surface area (Å²) in [6.45, 7) is 10.9. The Hall–Kier alpha value is -0.820. The van der Waals surface area contributed by atoms with E-state index in [1.54, 1.807) is 0 Å². The smallest absolute Gasteiger partial charge is 0.0820 e. The second-order valence-corrected chi connectivity index (χ2v) is 5.86. The Balaban J connectivity index is 3.13. The molecule has 0 aliphatic heterocycles. The van der Waals surface area contributed by atoms with Gasteiger partial charge in [-0.25, -0.2) is 0 Å². The minimum absolute atomic E-state index is 0.0869. The monoisotopic (exact) mass is 234 g/mol. The number of hydrogen-bond acceptors (Lipinski definition) is 1. The van der Waals surface area contributed by atoms with Crippen molar-refractivity contribution in [3.05, 3.63) is 35.4 Å². The fourth-order valence-corrected chi connectivity index (χ4v) is 2.43. The third kappa shape index (κ3) is 3.32. The molecule has 0 radical (unpaired) electrons. The fourth-order valence-electron chi connectivity index (χ4n) is 2.43. The molecule has 1 aromatic carbocycles. The molecule has 1 N–H and O–H groups in total. The van der Waals surface area contributed by atoms with Crippen molar-refractivity contribution in [1.29, 1.82) is 0 Å². The standard InChI is InChI=1S/C16H26O/c1-6-12(7-2)15(17)13-10-8-9-11-14(13)16(3,4)5/h8-12,15,17H,6-7H2,1-5H3. The lowest BCUT2D eigenvalue weighted by molar-refractivity contribution is 0.101. The second kappa shape index (κ2) is 5.68. The average molecular weight is 234 g/mol. The average Bonchev–Trinajstić information content (AvgIpc) is 2.29. The Morgan fingerprint density at radius 3 is 2.06 bits per heavy atom. The van der Waals surface area contributed by atoms with Crippen LogP contribution in [0.3, 0.4) is 0 Å². The molecule has 17 heavy (non-hydrogen) atoms. The van der Waals surface area contributed by atoms with Crippen molar-refractivity contribution in [2.75, 3.05) is 0 Å². The van der Waals surface area contributed by atoms with Gasteiger partial charge in [0.2, 0.25) is 0 Å². The lowest BCUT2D eigenvalue weighted by Crippen LogP contribution is -2.19. The van der Waals surface area contributed by atoms with Gasteiger partial charge in [-0.1, -0.05) is 71.7 Å². The minimum atomic E-state index is -0.333.